The maximum atomic E-state index is 10.9. The van der Waals surface area contributed by atoms with Crippen LogP contribution in [0.5, 0.6) is 0 Å². The van der Waals surface area contributed by atoms with E-state index in [1.54, 1.807) is 6.07 Å². The van der Waals surface area contributed by atoms with Crippen molar-refractivity contribution < 1.29 is 9.90 Å². The lowest BCUT2D eigenvalue weighted by Crippen LogP contribution is -2.03. The third-order valence-electron chi connectivity index (χ3n) is 1.71. The van der Waals surface area contributed by atoms with E-state index >= 15 is 0 Å². The lowest BCUT2D eigenvalue weighted by Gasteiger charge is -2.05. The first kappa shape index (κ1) is 11.0. The molecule has 3 nitrogen and oxygen atoms in total. The number of rotatable bonds is 2. The highest BCUT2D eigenvalue weighted by Crippen LogP contribution is 2.25. The summed E-state index contributed by atoms with van der Waals surface area (Å²) in [6.07, 6.45) is 0. The number of hydrogen-bond acceptors (Lipinski definition) is 2. The van der Waals surface area contributed by atoms with Gasteiger partial charge in [-0.25, -0.2) is 4.79 Å². The van der Waals surface area contributed by atoms with Crippen LogP contribution in [0, 0.1) is 11.3 Å². The Morgan fingerprint density at radius 3 is 2.71 bits per heavy atom. The SMILES string of the molecule is N#Cc1ccc(CCl)c(C(=O)O)c1Br. The van der Waals surface area contributed by atoms with Crippen LogP contribution in [0.4, 0.5) is 0 Å². The van der Waals surface area contributed by atoms with E-state index in [4.69, 9.17) is 22.0 Å². The van der Waals surface area contributed by atoms with Crippen molar-refractivity contribution in [2.75, 3.05) is 0 Å². The van der Waals surface area contributed by atoms with Crippen molar-refractivity contribution in [1.29, 1.82) is 5.26 Å². The van der Waals surface area contributed by atoms with E-state index in [1.165, 1.54) is 6.07 Å². The molecule has 14 heavy (non-hydrogen) atoms. The number of alkyl halides is 1. The molecular formula is C9H5BrClNO2. The summed E-state index contributed by atoms with van der Waals surface area (Å²) in [4.78, 5) is 10.9. The van der Waals surface area contributed by atoms with E-state index in [0.29, 0.717) is 5.56 Å². The molecule has 0 bridgehead atoms. The predicted octanol–water partition coefficient (Wildman–Crippen LogP) is 2.76. The van der Waals surface area contributed by atoms with Crippen molar-refractivity contribution in [3.63, 3.8) is 0 Å². The minimum absolute atomic E-state index is 0.0547. The molecule has 5 heteroatoms. The third kappa shape index (κ3) is 1.89. The zero-order valence-corrected chi connectivity index (χ0v) is 9.26. The Balaban J connectivity index is 3.49. The van der Waals surface area contributed by atoms with Gasteiger partial charge in [0.1, 0.15) is 6.07 Å². The maximum absolute atomic E-state index is 10.9. The summed E-state index contributed by atoms with van der Waals surface area (Å²) in [5.74, 6) is -0.990. The fourth-order valence-electron chi connectivity index (χ4n) is 1.04. The number of carbonyl (C=O) groups is 1. The summed E-state index contributed by atoms with van der Waals surface area (Å²) in [6, 6.07) is 4.97. The Labute approximate surface area is 94.0 Å². The maximum Gasteiger partial charge on any atom is 0.337 e. The van der Waals surface area contributed by atoms with Crippen LogP contribution in [-0.2, 0) is 5.88 Å². The van der Waals surface area contributed by atoms with Crippen LogP contribution in [0.15, 0.2) is 16.6 Å². The molecule has 0 aromatic heterocycles. The van der Waals surface area contributed by atoms with E-state index in [1.807, 2.05) is 6.07 Å². The molecule has 72 valence electrons. The summed E-state index contributed by atoms with van der Waals surface area (Å²) < 4.78 is 0.283. The molecule has 0 saturated heterocycles. The molecule has 0 fully saturated rings. The van der Waals surface area contributed by atoms with E-state index in [-0.39, 0.29) is 21.5 Å². The summed E-state index contributed by atoms with van der Waals surface area (Å²) >= 11 is 8.65. The second kappa shape index (κ2) is 4.45. The van der Waals surface area contributed by atoms with E-state index in [0.717, 1.165) is 0 Å². The van der Waals surface area contributed by atoms with Crippen molar-refractivity contribution in [3.8, 4) is 6.07 Å². The standard InChI is InChI=1S/C9H5BrClNO2/c10-8-6(4-12)2-1-5(3-11)7(8)9(13)14/h1-2H,3H2,(H,13,14). The van der Waals surface area contributed by atoms with Gasteiger partial charge in [-0.2, -0.15) is 5.26 Å². The predicted molar refractivity (Wildman–Crippen MR) is 55.4 cm³/mol. The molecule has 1 aromatic rings. The van der Waals surface area contributed by atoms with Gasteiger partial charge in [0, 0.05) is 5.88 Å². The van der Waals surface area contributed by atoms with Gasteiger partial charge < -0.3 is 5.11 Å². The van der Waals surface area contributed by atoms with Crippen LogP contribution in [0.2, 0.25) is 0 Å². The summed E-state index contributed by atoms with van der Waals surface area (Å²) in [7, 11) is 0. The number of carboxylic acid groups (broad SMARTS) is 1. The van der Waals surface area contributed by atoms with Crippen LogP contribution in [0.1, 0.15) is 21.5 Å². The number of halogens is 2. The third-order valence-corrected chi connectivity index (χ3v) is 2.82. The lowest BCUT2D eigenvalue weighted by molar-refractivity contribution is 0.0695. The van der Waals surface area contributed by atoms with Gasteiger partial charge in [0.15, 0.2) is 0 Å². The molecule has 1 N–H and O–H groups in total. The fraction of sp³-hybridized carbons (Fsp3) is 0.111. The molecule has 0 amide bonds. The average molecular weight is 275 g/mol. The highest BCUT2D eigenvalue weighted by Gasteiger charge is 2.16. The molecule has 0 heterocycles. The molecule has 0 saturated carbocycles. The number of aromatic carboxylic acids is 1. The molecule has 0 atom stereocenters. The molecule has 0 unspecified atom stereocenters. The summed E-state index contributed by atoms with van der Waals surface area (Å²) in [6.45, 7) is 0. The van der Waals surface area contributed by atoms with Gasteiger partial charge in [-0.3, -0.25) is 0 Å². The van der Waals surface area contributed by atoms with Crippen LogP contribution >= 0.6 is 27.5 Å². The first-order valence-electron chi connectivity index (χ1n) is 3.62. The molecule has 0 radical (unpaired) electrons. The Kier molecular flexibility index (Phi) is 3.50. The normalized spacial score (nSPS) is 9.50. The number of hydrogen-bond donors (Lipinski definition) is 1. The lowest BCUT2D eigenvalue weighted by atomic mass is 10.1. The van der Waals surface area contributed by atoms with Gasteiger partial charge in [0.05, 0.1) is 15.6 Å². The van der Waals surface area contributed by atoms with Gasteiger partial charge in [0.2, 0.25) is 0 Å². The fourth-order valence-corrected chi connectivity index (χ4v) is 1.91. The molecular weight excluding hydrogens is 269 g/mol. The van der Waals surface area contributed by atoms with E-state index in [9.17, 15) is 4.79 Å². The van der Waals surface area contributed by atoms with Crippen molar-refractivity contribution >= 4 is 33.5 Å². The second-order valence-electron chi connectivity index (χ2n) is 2.51. The minimum atomic E-state index is -1.09. The average Bonchev–Trinajstić information content (AvgIpc) is 2.16. The second-order valence-corrected chi connectivity index (χ2v) is 3.57. The van der Waals surface area contributed by atoms with Gasteiger partial charge in [-0.1, -0.05) is 6.07 Å². The molecule has 0 aliphatic carbocycles. The number of benzene rings is 1. The molecule has 0 aliphatic heterocycles. The van der Waals surface area contributed by atoms with Crippen molar-refractivity contribution in [2.24, 2.45) is 0 Å². The quantitative estimate of drug-likeness (QED) is 0.844. The molecule has 0 aliphatic rings. The highest BCUT2D eigenvalue weighted by molar-refractivity contribution is 9.10. The van der Waals surface area contributed by atoms with Crippen LogP contribution < -0.4 is 0 Å². The monoisotopic (exact) mass is 273 g/mol. The van der Waals surface area contributed by atoms with Crippen LogP contribution in [0.25, 0.3) is 0 Å². The van der Waals surface area contributed by atoms with Crippen molar-refractivity contribution in [3.05, 3.63) is 33.3 Å². The topological polar surface area (TPSA) is 61.1 Å². The number of carboxylic acids is 1. The summed E-state index contributed by atoms with van der Waals surface area (Å²) in [5.41, 5.74) is 0.834. The number of nitrogens with zero attached hydrogens (tertiary/aromatic N) is 1. The Bertz CT molecular complexity index is 426. The Morgan fingerprint density at radius 2 is 2.29 bits per heavy atom. The van der Waals surface area contributed by atoms with Crippen molar-refractivity contribution in [1.82, 2.24) is 0 Å². The van der Waals surface area contributed by atoms with Gasteiger partial charge in [-0.05, 0) is 27.6 Å². The Morgan fingerprint density at radius 1 is 1.64 bits per heavy atom. The van der Waals surface area contributed by atoms with Gasteiger partial charge in [0.25, 0.3) is 0 Å². The van der Waals surface area contributed by atoms with Crippen LogP contribution in [0.3, 0.4) is 0 Å². The zero-order chi connectivity index (χ0) is 10.7. The van der Waals surface area contributed by atoms with Crippen LogP contribution in [-0.4, -0.2) is 11.1 Å². The Hall–Kier alpha value is -1.05. The summed E-state index contributed by atoms with van der Waals surface area (Å²) in [5, 5.41) is 17.6. The van der Waals surface area contributed by atoms with Gasteiger partial charge >= 0.3 is 5.97 Å². The molecule has 1 aromatic carbocycles. The zero-order valence-electron chi connectivity index (χ0n) is 6.92. The first-order valence-corrected chi connectivity index (χ1v) is 4.95. The van der Waals surface area contributed by atoms with Gasteiger partial charge in [-0.15, -0.1) is 11.6 Å². The first-order chi connectivity index (χ1) is 6.61. The largest absolute Gasteiger partial charge is 0.478 e. The number of nitriles is 1. The minimum Gasteiger partial charge on any atom is -0.478 e. The van der Waals surface area contributed by atoms with Crippen molar-refractivity contribution in [2.45, 2.75) is 5.88 Å². The van der Waals surface area contributed by atoms with E-state index < -0.39 is 5.97 Å². The molecule has 1 rings (SSSR count). The highest BCUT2D eigenvalue weighted by atomic mass is 79.9. The molecule has 0 spiro atoms. The smallest absolute Gasteiger partial charge is 0.337 e. The van der Waals surface area contributed by atoms with E-state index in [2.05, 4.69) is 15.9 Å².